The first-order chi connectivity index (χ1) is 7.95. The van der Waals surface area contributed by atoms with Crippen molar-refractivity contribution in [3.63, 3.8) is 0 Å². The van der Waals surface area contributed by atoms with Crippen LogP contribution in [0.5, 0.6) is 0 Å². The van der Waals surface area contributed by atoms with Crippen LogP contribution < -0.4 is 4.72 Å². The Bertz CT molecular complexity index is 545. The van der Waals surface area contributed by atoms with E-state index in [9.17, 15) is 13.2 Å². The van der Waals surface area contributed by atoms with Crippen molar-refractivity contribution in [2.75, 3.05) is 6.54 Å². The first-order valence-electron chi connectivity index (χ1n) is 4.53. The van der Waals surface area contributed by atoms with Gasteiger partial charge in [-0.15, -0.1) is 0 Å². The molecule has 0 aliphatic carbocycles. The lowest BCUT2D eigenvalue weighted by Crippen LogP contribution is -2.26. The maximum atomic E-state index is 11.6. The summed E-state index contributed by atoms with van der Waals surface area (Å²) < 4.78 is 25.3. The molecule has 0 spiro atoms. The maximum Gasteiger partial charge on any atom is 0.304 e. The predicted octanol–water partition coefficient (Wildman–Crippen LogP) is -0.294. The van der Waals surface area contributed by atoms with E-state index in [1.54, 1.807) is 6.07 Å². The monoisotopic (exact) mass is 255 g/mol. The van der Waals surface area contributed by atoms with E-state index in [2.05, 4.69) is 9.71 Å². The Morgan fingerprint density at radius 2 is 2.24 bits per heavy atom. The van der Waals surface area contributed by atoms with Gasteiger partial charge in [0.15, 0.2) is 0 Å². The number of hydrogen-bond donors (Lipinski definition) is 2. The first-order valence-corrected chi connectivity index (χ1v) is 6.01. The van der Waals surface area contributed by atoms with Crippen LogP contribution in [-0.2, 0) is 14.8 Å². The van der Waals surface area contributed by atoms with Crippen molar-refractivity contribution in [2.24, 2.45) is 0 Å². The van der Waals surface area contributed by atoms with E-state index in [1.165, 1.54) is 12.1 Å². The minimum absolute atomic E-state index is 0.106. The second-order valence-electron chi connectivity index (χ2n) is 3.03. The average Bonchev–Trinajstić information content (AvgIpc) is 2.28. The van der Waals surface area contributed by atoms with Crippen LogP contribution in [0.25, 0.3) is 0 Å². The number of aromatic nitrogens is 1. The highest BCUT2D eigenvalue weighted by atomic mass is 32.2. The molecule has 0 bridgehead atoms. The summed E-state index contributed by atoms with van der Waals surface area (Å²) in [6.07, 6.45) is 0.741. The number of rotatable bonds is 5. The summed E-state index contributed by atoms with van der Waals surface area (Å²) in [6.45, 7) is -0.197. The molecule has 1 aromatic heterocycles. The van der Waals surface area contributed by atoms with Gasteiger partial charge in [0.1, 0.15) is 16.7 Å². The van der Waals surface area contributed by atoms with Crippen molar-refractivity contribution in [2.45, 2.75) is 11.3 Å². The summed E-state index contributed by atoms with van der Waals surface area (Å²) >= 11 is 0. The van der Waals surface area contributed by atoms with Gasteiger partial charge in [-0.05, 0) is 12.1 Å². The standard InChI is InChI=1S/C9H9N3O4S/c10-5-7-1-2-8(6-11-7)17(15,16)12-4-3-9(13)14/h1-2,6,12H,3-4H2,(H,13,14). The molecule has 0 atom stereocenters. The van der Waals surface area contributed by atoms with Crippen molar-refractivity contribution in [1.82, 2.24) is 9.71 Å². The maximum absolute atomic E-state index is 11.6. The van der Waals surface area contributed by atoms with Crippen molar-refractivity contribution >= 4 is 16.0 Å². The number of carboxylic acid groups (broad SMARTS) is 1. The summed E-state index contributed by atoms with van der Waals surface area (Å²) in [5, 5.41) is 16.9. The second kappa shape index (κ2) is 5.38. The van der Waals surface area contributed by atoms with E-state index in [4.69, 9.17) is 10.4 Å². The van der Waals surface area contributed by atoms with E-state index in [0.717, 1.165) is 6.20 Å². The van der Waals surface area contributed by atoms with Crippen molar-refractivity contribution in [1.29, 1.82) is 5.26 Å². The zero-order valence-corrected chi connectivity index (χ0v) is 9.44. The Balaban J connectivity index is 2.76. The van der Waals surface area contributed by atoms with E-state index in [0.29, 0.717) is 0 Å². The fourth-order valence-corrected chi connectivity index (χ4v) is 1.96. The molecule has 8 heteroatoms. The molecule has 0 amide bonds. The third-order valence-corrected chi connectivity index (χ3v) is 3.24. The largest absolute Gasteiger partial charge is 0.481 e. The van der Waals surface area contributed by atoms with Gasteiger partial charge in [-0.1, -0.05) is 0 Å². The lowest BCUT2D eigenvalue weighted by molar-refractivity contribution is -0.136. The van der Waals surface area contributed by atoms with Crippen LogP contribution in [-0.4, -0.2) is 31.0 Å². The van der Waals surface area contributed by atoms with Gasteiger partial charge in [-0.2, -0.15) is 5.26 Å². The molecule has 1 heterocycles. The number of pyridine rings is 1. The van der Waals surface area contributed by atoms with Gasteiger partial charge in [0.25, 0.3) is 0 Å². The number of aliphatic carboxylic acids is 1. The molecule has 0 aromatic carbocycles. The van der Waals surface area contributed by atoms with Crippen molar-refractivity contribution < 1.29 is 18.3 Å². The number of sulfonamides is 1. The van der Waals surface area contributed by atoms with Crippen molar-refractivity contribution in [3.8, 4) is 6.07 Å². The number of nitrogens with zero attached hydrogens (tertiary/aromatic N) is 2. The Morgan fingerprint density at radius 1 is 1.53 bits per heavy atom. The summed E-state index contributed by atoms with van der Waals surface area (Å²) in [5.41, 5.74) is 0.106. The van der Waals surface area contributed by atoms with Gasteiger partial charge in [0, 0.05) is 12.7 Å². The smallest absolute Gasteiger partial charge is 0.304 e. The Hall–Kier alpha value is -1.98. The highest BCUT2D eigenvalue weighted by Crippen LogP contribution is 2.07. The molecule has 90 valence electrons. The van der Waals surface area contributed by atoms with E-state index >= 15 is 0 Å². The van der Waals surface area contributed by atoms with Gasteiger partial charge in [0.2, 0.25) is 10.0 Å². The summed E-state index contributed by atoms with van der Waals surface area (Å²) in [7, 11) is -3.77. The van der Waals surface area contributed by atoms with E-state index in [-0.39, 0.29) is 23.6 Å². The van der Waals surface area contributed by atoms with Crippen LogP contribution >= 0.6 is 0 Å². The summed E-state index contributed by atoms with van der Waals surface area (Å²) in [6, 6.07) is 4.26. The second-order valence-corrected chi connectivity index (χ2v) is 4.80. The van der Waals surface area contributed by atoms with E-state index in [1.807, 2.05) is 0 Å². The fraction of sp³-hybridized carbons (Fsp3) is 0.222. The normalized spacial score (nSPS) is 10.8. The minimum Gasteiger partial charge on any atom is -0.481 e. The van der Waals surface area contributed by atoms with Crippen LogP contribution in [0.3, 0.4) is 0 Å². The first kappa shape index (κ1) is 13.1. The summed E-state index contributed by atoms with van der Waals surface area (Å²) in [5.74, 6) is -1.09. The molecule has 0 aliphatic rings. The number of carboxylic acids is 1. The highest BCUT2D eigenvalue weighted by molar-refractivity contribution is 7.89. The molecule has 0 saturated carbocycles. The van der Waals surface area contributed by atoms with Gasteiger partial charge in [-0.3, -0.25) is 4.79 Å². The average molecular weight is 255 g/mol. The molecule has 0 saturated heterocycles. The van der Waals surface area contributed by atoms with Crippen LogP contribution in [0.1, 0.15) is 12.1 Å². The third-order valence-electron chi connectivity index (χ3n) is 1.79. The Kier molecular flexibility index (Phi) is 4.14. The lowest BCUT2D eigenvalue weighted by Gasteiger charge is -2.04. The lowest BCUT2D eigenvalue weighted by atomic mass is 10.4. The van der Waals surface area contributed by atoms with Crippen molar-refractivity contribution in [3.05, 3.63) is 24.0 Å². The molecular formula is C9H9N3O4S. The zero-order valence-electron chi connectivity index (χ0n) is 8.62. The minimum atomic E-state index is -3.77. The van der Waals surface area contributed by atoms with Gasteiger partial charge in [0.05, 0.1) is 6.42 Å². The van der Waals surface area contributed by atoms with E-state index < -0.39 is 16.0 Å². The SMILES string of the molecule is N#Cc1ccc(S(=O)(=O)NCCC(=O)O)cn1. The van der Waals surface area contributed by atoms with Crippen LogP contribution in [0, 0.1) is 11.3 Å². The molecule has 0 aliphatic heterocycles. The molecule has 7 nitrogen and oxygen atoms in total. The topological polar surface area (TPSA) is 120 Å². The van der Waals surface area contributed by atoms with Crippen LogP contribution in [0.2, 0.25) is 0 Å². The molecule has 1 rings (SSSR count). The molecule has 0 fully saturated rings. The molecule has 1 aromatic rings. The molecule has 0 unspecified atom stereocenters. The predicted molar refractivity (Wildman–Crippen MR) is 56.4 cm³/mol. The quantitative estimate of drug-likeness (QED) is 0.745. The molecular weight excluding hydrogens is 246 g/mol. The van der Waals surface area contributed by atoms with Gasteiger partial charge in [-0.25, -0.2) is 18.1 Å². The number of hydrogen-bond acceptors (Lipinski definition) is 5. The third kappa shape index (κ3) is 3.82. The van der Waals surface area contributed by atoms with Gasteiger partial charge < -0.3 is 5.11 Å². The van der Waals surface area contributed by atoms with Crippen LogP contribution in [0.15, 0.2) is 23.2 Å². The molecule has 17 heavy (non-hydrogen) atoms. The number of nitrogens with one attached hydrogen (secondary N) is 1. The zero-order chi connectivity index (χ0) is 12.9. The number of nitriles is 1. The summed E-state index contributed by atoms with van der Waals surface area (Å²) in [4.78, 5) is 13.7. The molecule has 2 N–H and O–H groups in total. The Morgan fingerprint density at radius 3 is 2.71 bits per heavy atom. The van der Waals surface area contributed by atoms with Crippen LogP contribution in [0.4, 0.5) is 0 Å². The number of carbonyl (C=O) groups is 1. The highest BCUT2D eigenvalue weighted by Gasteiger charge is 2.14. The molecule has 0 radical (unpaired) electrons. The Labute approximate surface area is 97.8 Å². The van der Waals surface area contributed by atoms with Gasteiger partial charge >= 0.3 is 5.97 Å². The fourth-order valence-electron chi connectivity index (χ4n) is 0.981.